The van der Waals surface area contributed by atoms with Crippen molar-refractivity contribution >= 4 is 6.09 Å². The molecule has 0 bridgehead atoms. The number of carbonyl (C=O) groups excluding carboxylic acids is 1. The van der Waals surface area contributed by atoms with E-state index in [1.54, 1.807) is 0 Å². The molecule has 1 aliphatic carbocycles. The van der Waals surface area contributed by atoms with Crippen molar-refractivity contribution in [3.63, 3.8) is 0 Å². The lowest BCUT2D eigenvalue weighted by molar-refractivity contribution is 0.136. The standard InChI is InChI=1S/C10H9NO2/c12-10-11-9-7-4-2-1-3-6(7)5-8(9)13-10/h1-4,8-9H,5H2,(H,11,12)/t8?,9-/m1/s1. The van der Waals surface area contributed by atoms with Crippen LogP contribution in [0.1, 0.15) is 17.2 Å². The predicted octanol–water partition coefficient (Wildman–Crippen LogP) is 1.39. The van der Waals surface area contributed by atoms with Crippen LogP contribution in [0, 0.1) is 0 Å². The van der Waals surface area contributed by atoms with Crippen LogP contribution in [0.5, 0.6) is 0 Å². The highest BCUT2D eigenvalue weighted by Crippen LogP contribution is 2.36. The molecule has 1 fully saturated rings. The van der Waals surface area contributed by atoms with E-state index in [1.807, 2.05) is 12.1 Å². The number of benzene rings is 1. The van der Waals surface area contributed by atoms with E-state index in [2.05, 4.69) is 17.4 Å². The van der Waals surface area contributed by atoms with E-state index >= 15 is 0 Å². The topological polar surface area (TPSA) is 38.3 Å². The van der Waals surface area contributed by atoms with Gasteiger partial charge in [-0.3, -0.25) is 0 Å². The number of carbonyl (C=O) groups is 1. The molecule has 2 atom stereocenters. The number of hydrogen-bond acceptors (Lipinski definition) is 2. The number of rotatable bonds is 0. The van der Waals surface area contributed by atoms with Gasteiger partial charge in [-0.1, -0.05) is 24.3 Å². The largest absolute Gasteiger partial charge is 0.443 e. The molecular formula is C10H9NO2. The molecular weight excluding hydrogens is 166 g/mol. The Morgan fingerprint density at radius 2 is 2.23 bits per heavy atom. The number of fused-ring (bicyclic) bond motifs is 3. The number of hydrogen-bond donors (Lipinski definition) is 1. The smallest absolute Gasteiger partial charge is 0.408 e. The van der Waals surface area contributed by atoms with Gasteiger partial charge >= 0.3 is 6.09 Å². The third kappa shape index (κ3) is 0.869. The molecule has 0 spiro atoms. The monoisotopic (exact) mass is 175 g/mol. The summed E-state index contributed by atoms with van der Waals surface area (Å²) in [6.45, 7) is 0. The molecule has 13 heavy (non-hydrogen) atoms. The first kappa shape index (κ1) is 6.95. The van der Waals surface area contributed by atoms with Gasteiger partial charge in [0.15, 0.2) is 0 Å². The lowest BCUT2D eigenvalue weighted by Gasteiger charge is -2.05. The maximum atomic E-state index is 10.9. The van der Waals surface area contributed by atoms with Gasteiger partial charge in [0, 0.05) is 6.42 Å². The summed E-state index contributed by atoms with van der Waals surface area (Å²) < 4.78 is 5.12. The molecule has 1 unspecified atom stereocenters. The zero-order chi connectivity index (χ0) is 8.84. The second kappa shape index (κ2) is 2.25. The van der Waals surface area contributed by atoms with Gasteiger partial charge in [0.2, 0.25) is 0 Å². The fourth-order valence-electron chi connectivity index (χ4n) is 2.14. The van der Waals surface area contributed by atoms with E-state index in [4.69, 9.17) is 4.74 Å². The van der Waals surface area contributed by atoms with Crippen molar-refractivity contribution < 1.29 is 9.53 Å². The Morgan fingerprint density at radius 1 is 1.38 bits per heavy atom. The van der Waals surface area contributed by atoms with Gasteiger partial charge in [0.25, 0.3) is 0 Å². The molecule has 3 rings (SSSR count). The quantitative estimate of drug-likeness (QED) is 0.647. The number of ether oxygens (including phenoxy) is 1. The van der Waals surface area contributed by atoms with Crippen molar-refractivity contribution in [1.82, 2.24) is 5.32 Å². The molecule has 0 radical (unpaired) electrons. The molecule has 1 aromatic carbocycles. The third-order valence-corrected chi connectivity index (χ3v) is 2.71. The first-order chi connectivity index (χ1) is 6.34. The molecule has 1 aliphatic heterocycles. The Labute approximate surface area is 75.7 Å². The molecule has 1 aromatic rings. The lowest BCUT2D eigenvalue weighted by Crippen LogP contribution is -2.18. The van der Waals surface area contributed by atoms with Gasteiger partial charge in [-0.25, -0.2) is 4.79 Å². The van der Waals surface area contributed by atoms with E-state index in [1.165, 1.54) is 11.1 Å². The Balaban J connectivity index is 2.06. The summed E-state index contributed by atoms with van der Waals surface area (Å²) in [4.78, 5) is 10.9. The number of amides is 1. The fourth-order valence-corrected chi connectivity index (χ4v) is 2.14. The zero-order valence-electron chi connectivity index (χ0n) is 6.99. The summed E-state index contributed by atoms with van der Waals surface area (Å²) in [6.07, 6.45) is 0.578. The molecule has 1 N–H and O–H groups in total. The second-order valence-corrected chi connectivity index (χ2v) is 3.47. The number of nitrogens with one attached hydrogen (secondary N) is 1. The van der Waals surface area contributed by atoms with Crippen LogP contribution in [0.15, 0.2) is 24.3 Å². The minimum atomic E-state index is -0.287. The van der Waals surface area contributed by atoms with Gasteiger partial charge in [-0.2, -0.15) is 0 Å². The molecule has 1 amide bonds. The van der Waals surface area contributed by atoms with Crippen LogP contribution in [0.3, 0.4) is 0 Å². The average molecular weight is 175 g/mol. The minimum Gasteiger partial charge on any atom is -0.443 e. The molecule has 66 valence electrons. The molecule has 3 nitrogen and oxygen atoms in total. The Bertz CT molecular complexity index is 375. The Morgan fingerprint density at radius 3 is 3.15 bits per heavy atom. The Hall–Kier alpha value is -1.51. The number of alkyl carbamates (subject to hydrolysis) is 1. The summed E-state index contributed by atoms with van der Waals surface area (Å²) in [6, 6.07) is 8.23. The zero-order valence-corrected chi connectivity index (χ0v) is 6.99. The SMILES string of the molecule is O=C1N[C@@H]2c3ccccc3CC2O1. The minimum absolute atomic E-state index is 0.0184. The van der Waals surface area contributed by atoms with Crippen LogP contribution in [0.4, 0.5) is 4.79 Å². The molecule has 0 aromatic heterocycles. The van der Waals surface area contributed by atoms with Gasteiger partial charge < -0.3 is 10.1 Å². The second-order valence-electron chi connectivity index (χ2n) is 3.47. The van der Waals surface area contributed by atoms with Crippen molar-refractivity contribution in [3.05, 3.63) is 35.4 Å². The summed E-state index contributed by atoms with van der Waals surface area (Å²) in [5.74, 6) is 0. The summed E-state index contributed by atoms with van der Waals surface area (Å²) in [5, 5.41) is 2.81. The van der Waals surface area contributed by atoms with Crippen molar-refractivity contribution in [2.24, 2.45) is 0 Å². The Kier molecular flexibility index (Phi) is 1.20. The van der Waals surface area contributed by atoms with Crippen LogP contribution in [-0.2, 0) is 11.2 Å². The average Bonchev–Trinajstić information content (AvgIpc) is 2.60. The molecule has 1 saturated heterocycles. The van der Waals surface area contributed by atoms with Gasteiger partial charge in [-0.15, -0.1) is 0 Å². The van der Waals surface area contributed by atoms with E-state index in [-0.39, 0.29) is 18.2 Å². The highest BCUT2D eigenvalue weighted by atomic mass is 16.6. The highest BCUT2D eigenvalue weighted by Gasteiger charge is 2.41. The maximum absolute atomic E-state index is 10.9. The van der Waals surface area contributed by atoms with Crippen LogP contribution >= 0.6 is 0 Å². The molecule has 3 heteroatoms. The first-order valence-corrected chi connectivity index (χ1v) is 4.39. The summed E-state index contributed by atoms with van der Waals surface area (Å²) in [5.41, 5.74) is 2.50. The molecule has 0 saturated carbocycles. The van der Waals surface area contributed by atoms with Gasteiger partial charge in [0.05, 0.1) is 6.04 Å². The maximum Gasteiger partial charge on any atom is 0.408 e. The van der Waals surface area contributed by atoms with E-state index in [0.717, 1.165) is 6.42 Å². The van der Waals surface area contributed by atoms with Crippen molar-refractivity contribution in [2.75, 3.05) is 0 Å². The van der Waals surface area contributed by atoms with Crippen LogP contribution in [-0.4, -0.2) is 12.2 Å². The van der Waals surface area contributed by atoms with Crippen LogP contribution in [0.25, 0.3) is 0 Å². The molecule has 2 aliphatic rings. The van der Waals surface area contributed by atoms with Gasteiger partial charge in [0.1, 0.15) is 6.10 Å². The van der Waals surface area contributed by atoms with Gasteiger partial charge in [-0.05, 0) is 11.1 Å². The van der Waals surface area contributed by atoms with Crippen molar-refractivity contribution in [3.8, 4) is 0 Å². The van der Waals surface area contributed by atoms with E-state index < -0.39 is 0 Å². The fraction of sp³-hybridized carbons (Fsp3) is 0.300. The predicted molar refractivity (Wildman–Crippen MR) is 46.3 cm³/mol. The molecule has 1 heterocycles. The van der Waals surface area contributed by atoms with E-state index in [9.17, 15) is 4.79 Å². The summed E-state index contributed by atoms with van der Waals surface area (Å²) >= 11 is 0. The van der Waals surface area contributed by atoms with Crippen LogP contribution < -0.4 is 5.32 Å². The normalized spacial score (nSPS) is 29.1. The van der Waals surface area contributed by atoms with Crippen molar-refractivity contribution in [2.45, 2.75) is 18.6 Å². The van der Waals surface area contributed by atoms with Crippen molar-refractivity contribution in [1.29, 1.82) is 0 Å². The summed E-state index contributed by atoms with van der Waals surface area (Å²) in [7, 11) is 0. The lowest BCUT2D eigenvalue weighted by atomic mass is 10.1. The van der Waals surface area contributed by atoms with Crippen LogP contribution in [0.2, 0.25) is 0 Å². The third-order valence-electron chi connectivity index (χ3n) is 2.71. The first-order valence-electron chi connectivity index (χ1n) is 4.39. The highest BCUT2D eigenvalue weighted by molar-refractivity contribution is 5.71. The van der Waals surface area contributed by atoms with E-state index in [0.29, 0.717) is 0 Å².